The second kappa shape index (κ2) is 7.21. The molecular formula is C18H28FN. The topological polar surface area (TPSA) is 12.0 Å². The average Bonchev–Trinajstić information content (AvgIpc) is 2.42. The summed E-state index contributed by atoms with van der Waals surface area (Å²) in [5.41, 5.74) is 3.45. The molecule has 0 amide bonds. The summed E-state index contributed by atoms with van der Waals surface area (Å²) >= 11 is 0. The Bertz CT molecular complexity index is 412. The molecule has 0 radical (unpaired) electrons. The maximum Gasteiger partial charge on any atom is 0.123 e. The minimum Gasteiger partial charge on any atom is -0.313 e. The molecule has 1 aromatic carbocycles. The Balaban J connectivity index is 2.04. The summed E-state index contributed by atoms with van der Waals surface area (Å²) in [6.45, 7) is 4.05. The number of nitrogens with one attached hydrogen (secondary N) is 1. The largest absolute Gasteiger partial charge is 0.313 e. The van der Waals surface area contributed by atoms with E-state index >= 15 is 0 Å². The van der Waals surface area contributed by atoms with Crippen molar-refractivity contribution in [2.45, 2.75) is 64.8 Å². The fourth-order valence-corrected chi connectivity index (χ4v) is 3.78. The Morgan fingerprint density at radius 1 is 1.15 bits per heavy atom. The quantitative estimate of drug-likeness (QED) is 0.793. The highest BCUT2D eigenvalue weighted by molar-refractivity contribution is 5.36. The fraction of sp³-hybridized carbons (Fsp3) is 0.667. The van der Waals surface area contributed by atoms with Crippen molar-refractivity contribution in [3.05, 3.63) is 34.6 Å². The van der Waals surface area contributed by atoms with Gasteiger partial charge in [-0.15, -0.1) is 0 Å². The Morgan fingerprint density at radius 3 is 2.30 bits per heavy atom. The van der Waals surface area contributed by atoms with Gasteiger partial charge in [-0.3, -0.25) is 0 Å². The molecule has 2 rings (SSSR count). The van der Waals surface area contributed by atoms with Crippen molar-refractivity contribution < 1.29 is 4.39 Å². The van der Waals surface area contributed by atoms with Crippen molar-refractivity contribution in [2.75, 3.05) is 7.05 Å². The standard InChI is InChI=1S/C18H28FN/c1-13-11-16(19)12-14(2)18(13)17(20-3)10-9-15-7-5-4-6-8-15/h11-12,15,17,20H,4-10H2,1-3H3. The first-order valence-corrected chi connectivity index (χ1v) is 8.05. The van der Waals surface area contributed by atoms with Gasteiger partial charge in [0.2, 0.25) is 0 Å². The van der Waals surface area contributed by atoms with Crippen molar-refractivity contribution >= 4 is 0 Å². The van der Waals surface area contributed by atoms with E-state index in [0.29, 0.717) is 6.04 Å². The highest BCUT2D eigenvalue weighted by Gasteiger charge is 2.19. The molecule has 0 aromatic heterocycles. The first-order chi connectivity index (χ1) is 9.61. The summed E-state index contributed by atoms with van der Waals surface area (Å²) in [5.74, 6) is 0.784. The number of rotatable bonds is 5. The SMILES string of the molecule is CNC(CCC1CCCCC1)c1c(C)cc(F)cc1C. The third-order valence-electron chi connectivity index (χ3n) is 4.84. The number of hydrogen-bond donors (Lipinski definition) is 1. The van der Waals surface area contributed by atoms with Gasteiger partial charge in [0.15, 0.2) is 0 Å². The first-order valence-electron chi connectivity index (χ1n) is 8.05. The lowest BCUT2D eigenvalue weighted by Crippen LogP contribution is -2.20. The highest BCUT2D eigenvalue weighted by atomic mass is 19.1. The molecule has 0 bridgehead atoms. The predicted octanol–water partition coefficient (Wildman–Crippen LogP) is 5.06. The van der Waals surface area contributed by atoms with Crippen LogP contribution in [0.4, 0.5) is 4.39 Å². The van der Waals surface area contributed by atoms with Gasteiger partial charge in [0, 0.05) is 6.04 Å². The lowest BCUT2D eigenvalue weighted by molar-refractivity contribution is 0.317. The van der Waals surface area contributed by atoms with Gasteiger partial charge < -0.3 is 5.32 Å². The summed E-state index contributed by atoms with van der Waals surface area (Å²) in [7, 11) is 2.02. The molecule has 0 spiro atoms. The van der Waals surface area contributed by atoms with Crippen LogP contribution in [0.5, 0.6) is 0 Å². The molecule has 1 aliphatic carbocycles. The second-order valence-electron chi connectivity index (χ2n) is 6.38. The Morgan fingerprint density at radius 2 is 1.75 bits per heavy atom. The summed E-state index contributed by atoms with van der Waals surface area (Å²) in [6.07, 6.45) is 9.49. The van der Waals surface area contributed by atoms with Gasteiger partial charge in [-0.2, -0.15) is 0 Å². The van der Waals surface area contributed by atoms with E-state index in [0.717, 1.165) is 23.5 Å². The Kier molecular flexibility index (Phi) is 5.59. The summed E-state index contributed by atoms with van der Waals surface area (Å²) in [5, 5.41) is 3.44. The third kappa shape index (κ3) is 3.82. The van der Waals surface area contributed by atoms with Crippen molar-refractivity contribution in [1.82, 2.24) is 5.32 Å². The predicted molar refractivity (Wildman–Crippen MR) is 83.5 cm³/mol. The van der Waals surface area contributed by atoms with Crippen LogP contribution in [0.15, 0.2) is 12.1 Å². The van der Waals surface area contributed by atoms with E-state index < -0.39 is 0 Å². The monoisotopic (exact) mass is 277 g/mol. The summed E-state index contributed by atoms with van der Waals surface area (Å²) < 4.78 is 13.4. The molecule has 1 saturated carbocycles. The first kappa shape index (κ1) is 15.5. The fourth-order valence-electron chi connectivity index (χ4n) is 3.78. The van der Waals surface area contributed by atoms with E-state index in [1.807, 2.05) is 20.9 Å². The van der Waals surface area contributed by atoms with Gasteiger partial charge in [-0.05, 0) is 68.5 Å². The van der Waals surface area contributed by atoms with Gasteiger partial charge in [0.1, 0.15) is 5.82 Å². The third-order valence-corrected chi connectivity index (χ3v) is 4.84. The number of halogens is 1. The van der Waals surface area contributed by atoms with Crippen molar-refractivity contribution in [2.24, 2.45) is 5.92 Å². The molecule has 0 heterocycles. The smallest absolute Gasteiger partial charge is 0.123 e. The molecule has 1 fully saturated rings. The van der Waals surface area contributed by atoms with Crippen LogP contribution in [-0.2, 0) is 0 Å². The van der Waals surface area contributed by atoms with E-state index in [1.54, 1.807) is 12.1 Å². The van der Waals surface area contributed by atoms with Crippen molar-refractivity contribution in [1.29, 1.82) is 0 Å². The van der Waals surface area contributed by atoms with Crippen molar-refractivity contribution in [3.63, 3.8) is 0 Å². The number of hydrogen-bond acceptors (Lipinski definition) is 1. The van der Waals surface area contributed by atoms with Crippen LogP contribution in [0.3, 0.4) is 0 Å². The van der Waals surface area contributed by atoms with E-state index in [1.165, 1.54) is 44.1 Å². The molecule has 2 heteroatoms. The molecule has 1 N–H and O–H groups in total. The van der Waals surface area contributed by atoms with Gasteiger partial charge in [-0.25, -0.2) is 4.39 Å². The van der Waals surface area contributed by atoms with Gasteiger partial charge >= 0.3 is 0 Å². The minimum absolute atomic E-state index is 0.120. The molecule has 20 heavy (non-hydrogen) atoms. The van der Waals surface area contributed by atoms with Crippen LogP contribution < -0.4 is 5.32 Å². The van der Waals surface area contributed by atoms with E-state index in [-0.39, 0.29) is 5.82 Å². The Labute approximate surface area is 123 Å². The zero-order chi connectivity index (χ0) is 14.5. The summed E-state index contributed by atoms with van der Waals surface area (Å²) in [6, 6.07) is 3.68. The lowest BCUT2D eigenvalue weighted by Gasteiger charge is -2.26. The van der Waals surface area contributed by atoms with Gasteiger partial charge in [0.05, 0.1) is 0 Å². The molecule has 0 aliphatic heterocycles. The summed E-state index contributed by atoms with van der Waals surface area (Å²) in [4.78, 5) is 0. The molecular weight excluding hydrogens is 249 g/mol. The number of aryl methyl sites for hydroxylation is 2. The van der Waals surface area contributed by atoms with E-state index in [4.69, 9.17) is 0 Å². The van der Waals surface area contributed by atoms with Gasteiger partial charge in [-0.1, -0.05) is 32.1 Å². The molecule has 1 atom stereocenters. The van der Waals surface area contributed by atoms with Crippen molar-refractivity contribution in [3.8, 4) is 0 Å². The zero-order valence-electron chi connectivity index (χ0n) is 13.1. The van der Waals surface area contributed by atoms with E-state index in [9.17, 15) is 4.39 Å². The molecule has 1 nitrogen and oxygen atoms in total. The van der Waals surface area contributed by atoms with Crippen LogP contribution >= 0.6 is 0 Å². The average molecular weight is 277 g/mol. The van der Waals surface area contributed by atoms with Crippen LogP contribution in [-0.4, -0.2) is 7.05 Å². The van der Waals surface area contributed by atoms with Crippen LogP contribution in [0.2, 0.25) is 0 Å². The van der Waals surface area contributed by atoms with Crippen LogP contribution in [0, 0.1) is 25.6 Å². The minimum atomic E-state index is -0.120. The van der Waals surface area contributed by atoms with E-state index in [2.05, 4.69) is 5.32 Å². The molecule has 1 aromatic rings. The molecule has 1 unspecified atom stereocenters. The molecule has 0 saturated heterocycles. The zero-order valence-corrected chi connectivity index (χ0v) is 13.1. The maximum atomic E-state index is 13.4. The van der Waals surface area contributed by atoms with Crippen LogP contribution in [0.25, 0.3) is 0 Å². The normalized spacial score (nSPS) is 18.2. The second-order valence-corrected chi connectivity index (χ2v) is 6.38. The Hall–Kier alpha value is -0.890. The highest BCUT2D eigenvalue weighted by Crippen LogP contribution is 2.32. The number of benzene rings is 1. The molecule has 1 aliphatic rings. The maximum absolute atomic E-state index is 13.4. The van der Waals surface area contributed by atoms with Gasteiger partial charge in [0.25, 0.3) is 0 Å². The lowest BCUT2D eigenvalue weighted by atomic mass is 9.83. The molecule has 112 valence electrons. The van der Waals surface area contributed by atoms with Crippen LogP contribution in [0.1, 0.15) is 67.7 Å².